The van der Waals surface area contributed by atoms with Crippen LogP contribution in [0.3, 0.4) is 0 Å². The van der Waals surface area contributed by atoms with E-state index < -0.39 is 0 Å². The maximum absolute atomic E-state index is 4.52. The van der Waals surface area contributed by atoms with E-state index in [4.69, 9.17) is 0 Å². The average molecular weight is 166 g/mol. The fraction of sp³-hybridized carbons (Fsp3) is 0.700. The summed E-state index contributed by atoms with van der Waals surface area (Å²) >= 11 is 0. The van der Waals surface area contributed by atoms with Gasteiger partial charge in [-0.3, -0.25) is 4.68 Å². The zero-order chi connectivity index (χ0) is 9.14. The van der Waals surface area contributed by atoms with Crippen molar-refractivity contribution in [2.24, 2.45) is 0 Å². The summed E-state index contributed by atoms with van der Waals surface area (Å²) in [5, 5.41) is 4.52. The van der Waals surface area contributed by atoms with Gasteiger partial charge in [-0.05, 0) is 32.3 Å². The number of hydrogen-bond acceptors (Lipinski definition) is 1. The molecule has 1 heterocycles. The van der Waals surface area contributed by atoms with Gasteiger partial charge in [-0.25, -0.2) is 0 Å². The van der Waals surface area contributed by atoms with Crippen LogP contribution < -0.4 is 0 Å². The van der Waals surface area contributed by atoms with Crippen LogP contribution in [0.15, 0.2) is 6.20 Å². The molecule has 0 aromatic carbocycles. The highest BCUT2D eigenvalue weighted by atomic mass is 15.3. The molecule has 2 nitrogen and oxygen atoms in total. The molecular formula is C10H18N2. The fourth-order valence-electron chi connectivity index (χ4n) is 1.32. The molecule has 0 radical (unpaired) electrons. The zero-order valence-electron chi connectivity index (χ0n) is 8.46. The Bertz CT molecular complexity index is 227. The highest BCUT2D eigenvalue weighted by molar-refractivity contribution is 5.16. The van der Waals surface area contributed by atoms with E-state index in [1.165, 1.54) is 11.3 Å². The Kier molecular flexibility index (Phi) is 2.90. The first-order chi connectivity index (χ1) is 5.69. The van der Waals surface area contributed by atoms with E-state index >= 15 is 0 Å². The Labute approximate surface area is 74.6 Å². The summed E-state index contributed by atoms with van der Waals surface area (Å²) < 4.78 is 2.05. The molecule has 2 heteroatoms. The van der Waals surface area contributed by atoms with Gasteiger partial charge in [0.1, 0.15) is 0 Å². The van der Waals surface area contributed by atoms with E-state index in [0.717, 1.165) is 12.8 Å². The Morgan fingerprint density at radius 3 is 2.33 bits per heavy atom. The largest absolute Gasteiger partial charge is 0.270 e. The van der Waals surface area contributed by atoms with Crippen LogP contribution in [0.2, 0.25) is 0 Å². The number of aryl methyl sites for hydroxylation is 2. The van der Waals surface area contributed by atoms with Crippen molar-refractivity contribution >= 4 is 0 Å². The van der Waals surface area contributed by atoms with Crippen molar-refractivity contribution < 1.29 is 0 Å². The molecule has 0 unspecified atom stereocenters. The van der Waals surface area contributed by atoms with Crippen molar-refractivity contribution in [3.05, 3.63) is 17.5 Å². The molecule has 1 aromatic rings. The van der Waals surface area contributed by atoms with Crippen molar-refractivity contribution in [3.8, 4) is 0 Å². The Hall–Kier alpha value is -0.790. The summed E-state index contributed by atoms with van der Waals surface area (Å²) in [4.78, 5) is 0. The highest BCUT2D eigenvalue weighted by Gasteiger charge is 2.06. The van der Waals surface area contributed by atoms with Gasteiger partial charge in [0.25, 0.3) is 0 Å². The molecule has 0 aliphatic heterocycles. The van der Waals surface area contributed by atoms with E-state index in [1.807, 2.05) is 0 Å². The lowest BCUT2D eigenvalue weighted by atomic mass is 10.2. The second kappa shape index (κ2) is 3.74. The Morgan fingerprint density at radius 2 is 2.00 bits per heavy atom. The van der Waals surface area contributed by atoms with E-state index in [2.05, 4.69) is 43.7 Å². The predicted molar refractivity (Wildman–Crippen MR) is 51.4 cm³/mol. The van der Waals surface area contributed by atoms with Crippen LogP contribution in [0.5, 0.6) is 0 Å². The molecule has 0 fully saturated rings. The molecule has 0 aliphatic rings. The average Bonchev–Trinajstić information content (AvgIpc) is 2.46. The second-order valence-corrected chi connectivity index (χ2v) is 3.38. The van der Waals surface area contributed by atoms with Crippen molar-refractivity contribution in [1.29, 1.82) is 0 Å². The minimum atomic E-state index is 0.482. The van der Waals surface area contributed by atoms with Crippen LogP contribution >= 0.6 is 0 Å². The van der Waals surface area contributed by atoms with Crippen molar-refractivity contribution in [2.75, 3.05) is 0 Å². The third kappa shape index (κ3) is 1.68. The van der Waals surface area contributed by atoms with Crippen LogP contribution in [-0.4, -0.2) is 9.78 Å². The number of hydrogen-bond donors (Lipinski definition) is 0. The third-order valence-corrected chi connectivity index (χ3v) is 2.14. The lowest BCUT2D eigenvalue weighted by Crippen LogP contribution is -2.01. The minimum absolute atomic E-state index is 0.482. The molecule has 12 heavy (non-hydrogen) atoms. The van der Waals surface area contributed by atoms with Gasteiger partial charge in [0.05, 0.1) is 5.69 Å². The Morgan fingerprint density at radius 1 is 1.33 bits per heavy atom. The van der Waals surface area contributed by atoms with E-state index in [-0.39, 0.29) is 0 Å². The SMILES string of the molecule is CCc1cn(C(C)C)nc1CC. The zero-order valence-corrected chi connectivity index (χ0v) is 8.46. The molecule has 0 N–H and O–H groups in total. The standard InChI is InChI=1S/C10H18N2/c1-5-9-7-12(8(3)4)11-10(9)6-2/h7-8H,5-6H2,1-4H3. The van der Waals surface area contributed by atoms with Gasteiger partial charge in [-0.1, -0.05) is 13.8 Å². The maximum atomic E-state index is 4.52. The number of rotatable bonds is 3. The summed E-state index contributed by atoms with van der Waals surface area (Å²) in [6, 6.07) is 0.482. The quantitative estimate of drug-likeness (QED) is 0.675. The van der Waals surface area contributed by atoms with Crippen molar-refractivity contribution in [1.82, 2.24) is 9.78 Å². The molecule has 0 saturated heterocycles. The normalized spacial score (nSPS) is 11.1. The minimum Gasteiger partial charge on any atom is -0.270 e. The summed E-state index contributed by atoms with van der Waals surface area (Å²) in [6.07, 6.45) is 4.31. The molecule has 0 amide bonds. The Balaban J connectivity index is 2.97. The van der Waals surface area contributed by atoms with Gasteiger partial charge < -0.3 is 0 Å². The van der Waals surface area contributed by atoms with E-state index in [1.54, 1.807) is 0 Å². The van der Waals surface area contributed by atoms with Crippen LogP contribution in [0.1, 0.15) is 45.0 Å². The lowest BCUT2D eigenvalue weighted by Gasteiger charge is -2.02. The molecular weight excluding hydrogens is 148 g/mol. The van der Waals surface area contributed by atoms with Crippen LogP contribution in [-0.2, 0) is 12.8 Å². The molecule has 0 bridgehead atoms. The van der Waals surface area contributed by atoms with Crippen molar-refractivity contribution in [3.63, 3.8) is 0 Å². The van der Waals surface area contributed by atoms with Gasteiger partial charge >= 0.3 is 0 Å². The predicted octanol–water partition coefficient (Wildman–Crippen LogP) is 2.59. The summed E-state index contributed by atoms with van der Waals surface area (Å²) in [6.45, 7) is 8.66. The summed E-state index contributed by atoms with van der Waals surface area (Å²) in [7, 11) is 0. The first-order valence-electron chi connectivity index (χ1n) is 4.75. The van der Waals surface area contributed by atoms with E-state index in [0.29, 0.717) is 6.04 Å². The molecule has 1 aromatic heterocycles. The molecule has 0 saturated carbocycles. The highest BCUT2D eigenvalue weighted by Crippen LogP contribution is 2.12. The smallest absolute Gasteiger partial charge is 0.0653 e. The van der Waals surface area contributed by atoms with Crippen LogP contribution in [0.25, 0.3) is 0 Å². The van der Waals surface area contributed by atoms with Crippen molar-refractivity contribution in [2.45, 2.75) is 46.6 Å². The third-order valence-electron chi connectivity index (χ3n) is 2.14. The number of nitrogens with zero attached hydrogens (tertiary/aromatic N) is 2. The van der Waals surface area contributed by atoms with Gasteiger partial charge in [0, 0.05) is 12.2 Å². The lowest BCUT2D eigenvalue weighted by molar-refractivity contribution is 0.527. The molecule has 68 valence electrons. The maximum Gasteiger partial charge on any atom is 0.0653 e. The second-order valence-electron chi connectivity index (χ2n) is 3.38. The monoisotopic (exact) mass is 166 g/mol. The van der Waals surface area contributed by atoms with Crippen LogP contribution in [0.4, 0.5) is 0 Å². The number of aromatic nitrogens is 2. The molecule has 0 atom stereocenters. The van der Waals surface area contributed by atoms with Gasteiger partial charge in [0.2, 0.25) is 0 Å². The first-order valence-corrected chi connectivity index (χ1v) is 4.75. The van der Waals surface area contributed by atoms with Gasteiger partial charge in [0.15, 0.2) is 0 Å². The molecule has 0 aliphatic carbocycles. The van der Waals surface area contributed by atoms with E-state index in [9.17, 15) is 0 Å². The van der Waals surface area contributed by atoms with Crippen LogP contribution in [0, 0.1) is 0 Å². The molecule has 0 spiro atoms. The van der Waals surface area contributed by atoms with Gasteiger partial charge in [-0.2, -0.15) is 5.10 Å². The summed E-state index contributed by atoms with van der Waals surface area (Å²) in [5.74, 6) is 0. The molecule has 1 rings (SSSR count). The van der Waals surface area contributed by atoms with Gasteiger partial charge in [-0.15, -0.1) is 0 Å². The summed E-state index contributed by atoms with van der Waals surface area (Å²) in [5.41, 5.74) is 2.65. The first kappa shape index (κ1) is 9.30. The fourth-order valence-corrected chi connectivity index (χ4v) is 1.32. The topological polar surface area (TPSA) is 17.8 Å².